The Labute approximate surface area is 198 Å². The minimum absolute atomic E-state index is 0.0758. The van der Waals surface area contributed by atoms with Crippen LogP contribution in [0.2, 0.25) is 0 Å². The molecule has 7 nitrogen and oxygen atoms in total. The van der Waals surface area contributed by atoms with Gasteiger partial charge in [0, 0.05) is 0 Å². The Kier molecular flexibility index (Phi) is 5.65. The van der Waals surface area contributed by atoms with Crippen molar-refractivity contribution in [3.05, 3.63) is 80.4 Å². The second-order valence-electron chi connectivity index (χ2n) is 8.60. The lowest BCUT2D eigenvalue weighted by Crippen LogP contribution is -2.29. The molecule has 1 aliphatic heterocycles. The van der Waals surface area contributed by atoms with E-state index in [1.807, 2.05) is 24.3 Å². The number of hydrogen-bond donors (Lipinski definition) is 0. The van der Waals surface area contributed by atoms with E-state index in [1.165, 1.54) is 28.4 Å². The molecule has 9 heteroatoms. The first-order valence-electron chi connectivity index (χ1n) is 11.0. The number of nitrogens with zero attached hydrogens (tertiary/aromatic N) is 3. The molecule has 1 unspecified atom stereocenters. The summed E-state index contributed by atoms with van der Waals surface area (Å²) in [6, 6.07) is 10.1. The second-order valence-corrected chi connectivity index (χ2v) is 9.76. The van der Waals surface area contributed by atoms with Crippen LogP contribution in [-0.4, -0.2) is 22.7 Å². The molecule has 0 saturated heterocycles. The molecule has 3 heterocycles. The number of fused-ring (bicyclic) bond motifs is 2. The summed E-state index contributed by atoms with van der Waals surface area (Å²) in [5, 5.41) is 9.29. The molecule has 34 heavy (non-hydrogen) atoms. The molecule has 1 aliphatic rings. The molecular weight excluding hydrogens is 457 g/mol. The SMILES string of the molecule is Cc1nnc(N2C(=O)c3oc4ccc(F)cc4c(=O)c3C2c2cccc(OCCC(C)C)c2)s1. The third kappa shape index (κ3) is 3.86. The molecule has 1 amide bonds. The maximum absolute atomic E-state index is 13.9. The summed E-state index contributed by atoms with van der Waals surface area (Å²) in [6.45, 7) is 6.57. The standard InChI is InChI=1S/C25H22FN3O4S/c1-13(2)9-10-32-17-6-4-5-15(11-17)21-20-22(30)18-12-16(26)7-8-19(18)33-23(20)24(31)29(21)25-28-27-14(3)34-25/h4-8,11-13,21H,9-10H2,1-3H3. The Hall–Kier alpha value is -3.59. The summed E-state index contributed by atoms with van der Waals surface area (Å²) in [5.41, 5.74) is 0.502. The van der Waals surface area contributed by atoms with Crippen molar-refractivity contribution in [3.63, 3.8) is 0 Å². The first kappa shape index (κ1) is 22.2. The normalized spacial score (nSPS) is 15.4. The molecule has 0 radical (unpaired) electrons. The molecular formula is C25H22FN3O4S. The smallest absolute Gasteiger partial charge is 0.297 e. The number of ether oxygens (including phenoxy) is 1. The number of rotatable bonds is 6. The summed E-state index contributed by atoms with van der Waals surface area (Å²) in [5.74, 6) is -0.00269. The zero-order valence-electron chi connectivity index (χ0n) is 18.9. The van der Waals surface area contributed by atoms with E-state index in [0.717, 1.165) is 12.5 Å². The number of aryl methyl sites for hydroxylation is 1. The van der Waals surface area contributed by atoms with Gasteiger partial charge in [-0.3, -0.25) is 14.5 Å². The molecule has 0 bridgehead atoms. The summed E-state index contributed by atoms with van der Waals surface area (Å²) in [7, 11) is 0. The number of anilines is 1. The molecule has 0 aliphatic carbocycles. The highest BCUT2D eigenvalue weighted by Crippen LogP contribution is 2.42. The number of benzene rings is 2. The highest BCUT2D eigenvalue weighted by atomic mass is 32.1. The van der Waals surface area contributed by atoms with Crippen LogP contribution in [0.15, 0.2) is 51.7 Å². The predicted molar refractivity (Wildman–Crippen MR) is 127 cm³/mol. The van der Waals surface area contributed by atoms with Crippen LogP contribution in [-0.2, 0) is 0 Å². The molecule has 174 valence electrons. The number of halogens is 1. The quantitative estimate of drug-likeness (QED) is 0.375. The fourth-order valence-corrected chi connectivity index (χ4v) is 4.74. The lowest BCUT2D eigenvalue weighted by molar-refractivity contribution is 0.0970. The highest BCUT2D eigenvalue weighted by Gasteiger charge is 2.45. The van der Waals surface area contributed by atoms with Gasteiger partial charge in [0.05, 0.1) is 23.6 Å². The third-order valence-corrected chi connectivity index (χ3v) is 6.53. The van der Waals surface area contributed by atoms with Gasteiger partial charge in [-0.2, -0.15) is 0 Å². The molecule has 0 fully saturated rings. The maximum atomic E-state index is 13.9. The van der Waals surface area contributed by atoms with E-state index in [1.54, 1.807) is 6.92 Å². The summed E-state index contributed by atoms with van der Waals surface area (Å²) in [6.07, 6.45) is 0.895. The summed E-state index contributed by atoms with van der Waals surface area (Å²) < 4.78 is 25.7. The van der Waals surface area contributed by atoms with Gasteiger partial charge in [0.1, 0.15) is 22.2 Å². The fraction of sp³-hybridized carbons (Fsp3) is 0.280. The number of hydrogen-bond acceptors (Lipinski definition) is 7. The van der Waals surface area contributed by atoms with Crippen LogP contribution < -0.4 is 15.1 Å². The number of carbonyl (C=O) groups excluding carboxylic acids is 1. The molecule has 1 atom stereocenters. The average molecular weight is 480 g/mol. The molecule has 5 rings (SSSR count). The van der Waals surface area contributed by atoms with Crippen LogP contribution in [0.5, 0.6) is 5.75 Å². The van der Waals surface area contributed by atoms with E-state index in [4.69, 9.17) is 9.15 Å². The van der Waals surface area contributed by atoms with Crippen molar-refractivity contribution in [1.29, 1.82) is 0 Å². The van der Waals surface area contributed by atoms with E-state index >= 15 is 0 Å². The minimum atomic E-state index is -0.813. The predicted octanol–water partition coefficient (Wildman–Crippen LogP) is 5.27. The van der Waals surface area contributed by atoms with Crippen molar-refractivity contribution in [2.24, 2.45) is 5.92 Å². The first-order chi connectivity index (χ1) is 16.3. The van der Waals surface area contributed by atoms with Crippen molar-refractivity contribution in [2.45, 2.75) is 33.2 Å². The van der Waals surface area contributed by atoms with Gasteiger partial charge < -0.3 is 9.15 Å². The third-order valence-electron chi connectivity index (χ3n) is 5.69. The van der Waals surface area contributed by atoms with E-state index in [0.29, 0.717) is 34.0 Å². The largest absolute Gasteiger partial charge is 0.494 e. The van der Waals surface area contributed by atoms with Crippen LogP contribution in [0.1, 0.15) is 53.0 Å². The van der Waals surface area contributed by atoms with E-state index < -0.39 is 23.2 Å². The highest BCUT2D eigenvalue weighted by molar-refractivity contribution is 7.15. The van der Waals surface area contributed by atoms with Crippen LogP contribution in [0, 0.1) is 18.7 Å². The Morgan fingerprint density at radius 2 is 2.00 bits per heavy atom. The van der Waals surface area contributed by atoms with Gasteiger partial charge >= 0.3 is 0 Å². The zero-order valence-corrected chi connectivity index (χ0v) is 19.7. The van der Waals surface area contributed by atoms with Crippen molar-refractivity contribution < 1.29 is 18.3 Å². The average Bonchev–Trinajstić information content (AvgIpc) is 3.35. The summed E-state index contributed by atoms with van der Waals surface area (Å²) in [4.78, 5) is 28.5. The van der Waals surface area contributed by atoms with Gasteiger partial charge in [-0.25, -0.2) is 4.39 Å². The van der Waals surface area contributed by atoms with Gasteiger partial charge in [0.2, 0.25) is 10.9 Å². The second kappa shape index (κ2) is 8.64. The number of amides is 1. The van der Waals surface area contributed by atoms with E-state index in [-0.39, 0.29) is 22.3 Å². The van der Waals surface area contributed by atoms with Gasteiger partial charge in [0.25, 0.3) is 5.91 Å². The Morgan fingerprint density at radius 3 is 2.74 bits per heavy atom. The van der Waals surface area contributed by atoms with Gasteiger partial charge in [-0.15, -0.1) is 10.2 Å². The lowest BCUT2D eigenvalue weighted by Gasteiger charge is -2.22. The van der Waals surface area contributed by atoms with Crippen LogP contribution >= 0.6 is 11.3 Å². The summed E-state index contributed by atoms with van der Waals surface area (Å²) >= 11 is 1.24. The van der Waals surface area contributed by atoms with Gasteiger partial charge in [-0.1, -0.05) is 37.3 Å². The van der Waals surface area contributed by atoms with Gasteiger partial charge in [-0.05, 0) is 55.2 Å². The van der Waals surface area contributed by atoms with Crippen molar-refractivity contribution in [3.8, 4) is 5.75 Å². The monoisotopic (exact) mass is 479 g/mol. The number of carbonyl (C=O) groups is 1. The van der Waals surface area contributed by atoms with Crippen LogP contribution in [0.25, 0.3) is 11.0 Å². The Balaban J connectivity index is 1.68. The molecule has 2 aromatic heterocycles. The van der Waals surface area contributed by atoms with Crippen molar-refractivity contribution in [2.75, 3.05) is 11.5 Å². The Bertz CT molecular complexity index is 1460. The Morgan fingerprint density at radius 1 is 1.18 bits per heavy atom. The van der Waals surface area contributed by atoms with Crippen LogP contribution in [0.4, 0.5) is 9.52 Å². The molecule has 0 spiro atoms. The fourth-order valence-electron chi connectivity index (χ4n) is 4.03. The topological polar surface area (TPSA) is 85.5 Å². The molecule has 0 saturated carbocycles. The van der Waals surface area contributed by atoms with Gasteiger partial charge in [0.15, 0.2) is 5.43 Å². The molecule has 0 N–H and O–H groups in total. The van der Waals surface area contributed by atoms with E-state index in [9.17, 15) is 14.0 Å². The maximum Gasteiger partial charge on any atom is 0.297 e. The first-order valence-corrected chi connectivity index (χ1v) is 11.8. The molecule has 2 aromatic carbocycles. The lowest BCUT2D eigenvalue weighted by atomic mass is 9.98. The zero-order chi connectivity index (χ0) is 24.0. The van der Waals surface area contributed by atoms with Crippen molar-refractivity contribution >= 4 is 33.3 Å². The number of aromatic nitrogens is 2. The van der Waals surface area contributed by atoms with E-state index in [2.05, 4.69) is 24.0 Å². The van der Waals surface area contributed by atoms with Crippen molar-refractivity contribution in [1.82, 2.24) is 10.2 Å². The van der Waals surface area contributed by atoms with Crippen LogP contribution in [0.3, 0.4) is 0 Å². The molecule has 4 aromatic rings. The minimum Gasteiger partial charge on any atom is -0.494 e.